The highest BCUT2D eigenvalue weighted by Crippen LogP contribution is 2.38. The minimum absolute atomic E-state index is 0.0531. The maximum atomic E-state index is 12.9. The van der Waals surface area contributed by atoms with Crippen molar-refractivity contribution in [2.45, 2.75) is 0 Å². The number of nitrogens with zero attached hydrogens (tertiary/aromatic N) is 1. The van der Waals surface area contributed by atoms with Crippen LogP contribution < -0.4 is 29.7 Å². The lowest BCUT2D eigenvalue weighted by Crippen LogP contribution is -2.21. The zero-order valence-electron chi connectivity index (χ0n) is 19.6. The molecule has 3 aromatic carbocycles. The monoisotopic (exact) mass is 479 g/mol. The third kappa shape index (κ3) is 5.80. The standard InChI is InChI=1S/C25H25N3O7/c1-32-20-10-9-15(11-19(20)29)14-26-28-25(31)17-7-5-6-8-18(17)27-24(30)16-12-21(33-2)23(35-4)22(13-16)34-3/h5-14,29H,1-4H3,(H,27,30)(H,28,31)/b26-14-. The summed E-state index contributed by atoms with van der Waals surface area (Å²) in [7, 11) is 5.81. The Bertz CT molecular complexity index is 1230. The SMILES string of the molecule is COc1ccc(/C=N\NC(=O)c2ccccc2NC(=O)c2cc(OC)c(OC)c(OC)c2)cc1O. The molecule has 35 heavy (non-hydrogen) atoms. The van der Waals surface area contributed by atoms with Crippen molar-refractivity contribution in [3.8, 4) is 28.7 Å². The second kappa shape index (κ2) is 11.4. The molecule has 0 aliphatic carbocycles. The van der Waals surface area contributed by atoms with Crippen LogP contribution in [-0.2, 0) is 0 Å². The van der Waals surface area contributed by atoms with Gasteiger partial charge in [0.25, 0.3) is 11.8 Å². The molecule has 0 atom stereocenters. The predicted octanol–water partition coefficient (Wildman–Crippen LogP) is 3.44. The molecule has 0 spiro atoms. The van der Waals surface area contributed by atoms with E-state index in [1.165, 1.54) is 52.9 Å². The molecule has 3 rings (SSSR count). The summed E-state index contributed by atoms with van der Waals surface area (Å²) in [5.41, 5.74) is 3.68. The average molecular weight is 479 g/mol. The third-order valence-electron chi connectivity index (χ3n) is 4.93. The number of hydrazone groups is 1. The number of hydrogen-bond donors (Lipinski definition) is 3. The topological polar surface area (TPSA) is 128 Å². The molecule has 0 bridgehead atoms. The number of nitrogens with one attached hydrogen (secondary N) is 2. The highest BCUT2D eigenvalue weighted by Gasteiger charge is 2.19. The molecule has 3 N–H and O–H groups in total. The van der Waals surface area contributed by atoms with Crippen LogP contribution in [0.25, 0.3) is 0 Å². The van der Waals surface area contributed by atoms with E-state index in [1.807, 2.05) is 0 Å². The van der Waals surface area contributed by atoms with Crippen LogP contribution in [0.15, 0.2) is 59.7 Å². The van der Waals surface area contributed by atoms with Crippen molar-refractivity contribution in [3.05, 3.63) is 71.3 Å². The number of aromatic hydroxyl groups is 1. The predicted molar refractivity (Wildman–Crippen MR) is 130 cm³/mol. The molecule has 0 unspecified atom stereocenters. The van der Waals surface area contributed by atoms with Gasteiger partial charge in [0.1, 0.15) is 0 Å². The second-order valence-corrected chi connectivity index (χ2v) is 7.04. The van der Waals surface area contributed by atoms with E-state index < -0.39 is 11.8 Å². The molecule has 0 saturated carbocycles. The third-order valence-corrected chi connectivity index (χ3v) is 4.93. The van der Waals surface area contributed by atoms with Gasteiger partial charge in [0.15, 0.2) is 23.0 Å². The molecule has 2 amide bonds. The number of hydrogen-bond acceptors (Lipinski definition) is 8. The largest absolute Gasteiger partial charge is 0.504 e. The highest BCUT2D eigenvalue weighted by atomic mass is 16.5. The Kier molecular flexibility index (Phi) is 8.12. The summed E-state index contributed by atoms with van der Waals surface area (Å²) in [4.78, 5) is 25.7. The van der Waals surface area contributed by atoms with Gasteiger partial charge in [0.2, 0.25) is 5.75 Å². The van der Waals surface area contributed by atoms with Crippen LogP contribution in [0.5, 0.6) is 28.7 Å². The van der Waals surface area contributed by atoms with Crippen molar-refractivity contribution in [1.29, 1.82) is 0 Å². The van der Waals surface area contributed by atoms with E-state index in [-0.39, 0.29) is 22.6 Å². The molecule has 182 valence electrons. The molecule has 0 saturated heterocycles. The molecule has 0 aliphatic rings. The van der Waals surface area contributed by atoms with Gasteiger partial charge in [0, 0.05) is 5.56 Å². The number of rotatable bonds is 9. The van der Waals surface area contributed by atoms with Crippen LogP contribution >= 0.6 is 0 Å². The van der Waals surface area contributed by atoms with Gasteiger partial charge in [-0.2, -0.15) is 5.10 Å². The van der Waals surface area contributed by atoms with E-state index >= 15 is 0 Å². The molecule has 0 aromatic heterocycles. The van der Waals surface area contributed by atoms with Crippen LogP contribution in [0.3, 0.4) is 0 Å². The molecule has 0 heterocycles. The van der Waals surface area contributed by atoms with E-state index in [2.05, 4.69) is 15.8 Å². The van der Waals surface area contributed by atoms with Crippen molar-refractivity contribution in [2.75, 3.05) is 33.8 Å². The van der Waals surface area contributed by atoms with Crippen molar-refractivity contribution in [1.82, 2.24) is 5.43 Å². The van der Waals surface area contributed by atoms with Crippen LogP contribution in [0, 0.1) is 0 Å². The van der Waals surface area contributed by atoms with Crippen molar-refractivity contribution in [3.63, 3.8) is 0 Å². The first-order valence-electron chi connectivity index (χ1n) is 10.3. The lowest BCUT2D eigenvalue weighted by Gasteiger charge is -2.15. The van der Waals surface area contributed by atoms with E-state index in [1.54, 1.807) is 36.4 Å². The maximum absolute atomic E-state index is 12.9. The Labute approximate surface area is 202 Å². The Hall–Kier alpha value is -4.73. The zero-order valence-corrected chi connectivity index (χ0v) is 19.6. The van der Waals surface area contributed by atoms with Gasteiger partial charge in [-0.05, 0) is 48.0 Å². The number of benzene rings is 3. The molecular weight excluding hydrogens is 454 g/mol. The molecule has 0 aliphatic heterocycles. The molecule has 3 aromatic rings. The fraction of sp³-hybridized carbons (Fsp3) is 0.160. The van der Waals surface area contributed by atoms with Crippen LogP contribution in [0.2, 0.25) is 0 Å². The molecule has 10 nitrogen and oxygen atoms in total. The summed E-state index contributed by atoms with van der Waals surface area (Å²) in [5, 5.41) is 16.5. The maximum Gasteiger partial charge on any atom is 0.273 e. The van der Waals surface area contributed by atoms with E-state index in [0.29, 0.717) is 28.6 Å². The molecule has 0 radical (unpaired) electrons. The smallest absolute Gasteiger partial charge is 0.273 e. The minimum atomic E-state index is -0.542. The van der Waals surface area contributed by atoms with Crippen LogP contribution in [0.1, 0.15) is 26.3 Å². The number of phenols is 1. The number of methoxy groups -OCH3 is 4. The molecular formula is C25H25N3O7. The Balaban J connectivity index is 1.77. The summed E-state index contributed by atoms with van der Waals surface area (Å²) in [6.07, 6.45) is 1.37. The van der Waals surface area contributed by atoms with Gasteiger partial charge in [-0.15, -0.1) is 0 Å². The lowest BCUT2D eigenvalue weighted by molar-refractivity contribution is 0.0956. The van der Waals surface area contributed by atoms with E-state index in [0.717, 1.165) is 0 Å². The number of ether oxygens (including phenoxy) is 4. The van der Waals surface area contributed by atoms with Crippen molar-refractivity contribution < 1.29 is 33.6 Å². The first-order valence-corrected chi connectivity index (χ1v) is 10.3. The first kappa shape index (κ1) is 24.9. The van der Waals surface area contributed by atoms with E-state index in [9.17, 15) is 14.7 Å². The van der Waals surface area contributed by atoms with Crippen LogP contribution in [-0.4, -0.2) is 51.6 Å². The summed E-state index contributed by atoms with van der Waals surface area (Å²) in [5.74, 6) is 0.241. The Morgan fingerprint density at radius 2 is 1.49 bits per heavy atom. The van der Waals surface area contributed by atoms with E-state index in [4.69, 9.17) is 18.9 Å². The number of carbonyl (C=O) groups excluding carboxylic acids is 2. The van der Waals surface area contributed by atoms with Gasteiger partial charge >= 0.3 is 0 Å². The lowest BCUT2D eigenvalue weighted by atomic mass is 10.1. The summed E-state index contributed by atoms with van der Waals surface area (Å²) in [6, 6.07) is 14.2. The summed E-state index contributed by atoms with van der Waals surface area (Å²) >= 11 is 0. The second-order valence-electron chi connectivity index (χ2n) is 7.04. The number of para-hydroxylation sites is 1. The summed E-state index contributed by atoms with van der Waals surface area (Å²) in [6.45, 7) is 0. The number of phenolic OH excluding ortho intramolecular Hbond substituents is 1. The number of amides is 2. The van der Waals surface area contributed by atoms with Gasteiger partial charge in [0.05, 0.1) is 45.9 Å². The number of anilines is 1. The van der Waals surface area contributed by atoms with Crippen LogP contribution in [0.4, 0.5) is 5.69 Å². The van der Waals surface area contributed by atoms with Crippen molar-refractivity contribution >= 4 is 23.7 Å². The molecule has 0 fully saturated rings. The van der Waals surface area contributed by atoms with Gasteiger partial charge in [-0.3, -0.25) is 9.59 Å². The quantitative estimate of drug-likeness (QED) is 0.317. The zero-order chi connectivity index (χ0) is 25.4. The van der Waals surface area contributed by atoms with Gasteiger partial charge in [-0.25, -0.2) is 5.43 Å². The van der Waals surface area contributed by atoms with Gasteiger partial charge < -0.3 is 29.4 Å². The number of carbonyl (C=O) groups is 2. The highest BCUT2D eigenvalue weighted by molar-refractivity contribution is 6.09. The first-order chi connectivity index (χ1) is 16.9. The normalized spacial score (nSPS) is 10.5. The fourth-order valence-electron chi connectivity index (χ4n) is 3.21. The minimum Gasteiger partial charge on any atom is -0.504 e. The van der Waals surface area contributed by atoms with Crippen molar-refractivity contribution in [2.24, 2.45) is 5.10 Å². The summed E-state index contributed by atoms with van der Waals surface area (Å²) < 4.78 is 20.9. The fourth-order valence-corrected chi connectivity index (χ4v) is 3.21. The van der Waals surface area contributed by atoms with Gasteiger partial charge in [-0.1, -0.05) is 12.1 Å². The Morgan fingerprint density at radius 1 is 0.829 bits per heavy atom. The molecule has 10 heteroatoms. The Morgan fingerprint density at radius 3 is 2.09 bits per heavy atom. The average Bonchev–Trinajstić information content (AvgIpc) is 2.88.